The molecule has 1 N–H and O–H groups in total. The highest BCUT2D eigenvalue weighted by molar-refractivity contribution is 6.05. The van der Waals surface area contributed by atoms with Gasteiger partial charge in [0, 0.05) is 5.56 Å². The molecule has 0 saturated carbocycles. The maximum atomic E-state index is 12.6. The molecule has 0 aliphatic rings. The van der Waals surface area contributed by atoms with Crippen LogP contribution < -0.4 is 10.1 Å². The second-order valence-corrected chi connectivity index (χ2v) is 5.90. The van der Waals surface area contributed by atoms with Crippen molar-refractivity contribution >= 4 is 17.8 Å². The fraction of sp³-hybridized carbons (Fsp3) is 0.0909. The van der Waals surface area contributed by atoms with Crippen LogP contribution >= 0.6 is 0 Å². The first-order valence-corrected chi connectivity index (χ1v) is 8.47. The van der Waals surface area contributed by atoms with E-state index in [0.29, 0.717) is 22.7 Å². The molecule has 0 heterocycles. The highest BCUT2D eigenvalue weighted by atomic mass is 16.6. The lowest BCUT2D eigenvalue weighted by atomic mass is 10.1. The van der Waals surface area contributed by atoms with Gasteiger partial charge in [0.15, 0.2) is 5.75 Å². The van der Waals surface area contributed by atoms with Gasteiger partial charge in [0.05, 0.1) is 11.9 Å². The fourth-order valence-corrected chi connectivity index (χ4v) is 2.42. The van der Waals surface area contributed by atoms with Crippen molar-refractivity contribution in [2.45, 2.75) is 6.92 Å². The maximum absolute atomic E-state index is 12.6. The van der Waals surface area contributed by atoms with Gasteiger partial charge >= 0.3 is 0 Å². The lowest BCUT2D eigenvalue weighted by molar-refractivity contribution is 0.102. The predicted octanol–water partition coefficient (Wildman–Crippen LogP) is 5.02. The molecular formula is C22H20N2O3. The Balaban J connectivity index is 1.74. The first-order valence-electron chi connectivity index (χ1n) is 8.47. The van der Waals surface area contributed by atoms with E-state index in [1.165, 1.54) is 7.11 Å². The summed E-state index contributed by atoms with van der Waals surface area (Å²) < 4.78 is 5.92. The summed E-state index contributed by atoms with van der Waals surface area (Å²) in [6, 6.07) is 22.1. The average molecular weight is 360 g/mol. The van der Waals surface area contributed by atoms with E-state index in [1.54, 1.807) is 36.5 Å². The number of para-hydroxylation sites is 2. The lowest BCUT2D eigenvalue weighted by Gasteiger charge is -2.12. The summed E-state index contributed by atoms with van der Waals surface area (Å²) >= 11 is 0. The van der Waals surface area contributed by atoms with Crippen LogP contribution in [0.25, 0.3) is 0 Å². The van der Waals surface area contributed by atoms with Gasteiger partial charge in [-0.05, 0) is 48.9 Å². The second kappa shape index (κ2) is 8.67. The molecule has 5 heteroatoms. The molecule has 3 rings (SSSR count). The molecular weight excluding hydrogens is 340 g/mol. The Kier molecular flexibility index (Phi) is 5.84. The molecule has 0 radical (unpaired) electrons. The quantitative estimate of drug-likeness (QED) is 0.496. The number of hydrogen-bond acceptors (Lipinski definition) is 4. The minimum atomic E-state index is -0.217. The molecule has 0 spiro atoms. The summed E-state index contributed by atoms with van der Waals surface area (Å²) in [5, 5.41) is 6.60. The Labute approximate surface area is 158 Å². The van der Waals surface area contributed by atoms with Crippen LogP contribution in [0.3, 0.4) is 0 Å². The third kappa shape index (κ3) is 4.95. The van der Waals surface area contributed by atoms with E-state index in [1.807, 2.05) is 49.4 Å². The molecule has 27 heavy (non-hydrogen) atoms. The second-order valence-electron chi connectivity index (χ2n) is 5.90. The van der Waals surface area contributed by atoms with E-state index < -0.39 is 0 Å². The molecule has 3 aromatic carbocycles. The zero-order valence-corrected chi connectivity index (χ0v) is 15.2. The number of aryl methyl sites for hydroxylation is 1. The minimum absolute atomic E-state index is 0.217. The van der Waals surface area contributed by atoms with Gasteiger partial charge in [0.25, 0.3) is 5.91 Å². The van der Waals surface area contributed by atoms with Crippen molar-refractivity contribution < 1.29 is 14.4 Å². The number of anilines is 1. The summed E-state index contributed by atoms with van der Waals surface area (Å²) in [7, 11) is 1.48. The number of nitrogens with one attached hydrogen (secondary N) is 1. The third-order valence-corrected chi connectivity index (χ3v) is 3.86. The van der Waals surface area contributed by atoms with E-state index in [4.69, 9.17) is 4.74 Å². The summed E-state index contributed by atoms with van der Waals surface area (Å²) in [5.74, 6) is 1.08. The number of nitrogens with zero attached hydrogens (tertiary/aromatic N) is 1. The molecule has 0 aliphatic carbocycles. The zero-order valence-electron chi connectivity index (χ0n) is 15.2. The molecule has 3 aromatic rings. The highest BCUT2D eigenvalue weighted by Crippen LogP contribution is 2.29. The van der Waals surface area contributed by atoms with Crippen molar-refractivity contribution in [3.8, 4) is 11.5 Å². The van der Waals surface area contributed by atoms with Crippen molar-refractivity contribution in [1.29, 1.82) is 0 Å². The Morgan fingerprint density at radius 3 is 2.37 bits per heavy atom. The van der Waals surface area contributed by atoms with Crippen molar-refractivity contribution in [2.75, 3.05) is 12.4 Å². The van der Waals surface area contributed by atoms with Gasteiger partial charge < -0.3 is 14.9 Å². The maximum Gasteiger partial charge on any atom is 0.255 e. The normalized spacial score (nSPS) is 10.6. The van der Waals surface area contributed by atoms with Gasteiger partial charge in [0.1, 0.15) is 12.9 Å². The van der Waals surface area contributed by atoms with Crippen molar-refractivity contribution in [3.63, 3.8) is 0 Å². The Morgan fingerprint density at radius 2 is 1.67 bits per heavy atom. The van der Waals surface area contributed by atoms with Crippen molar-refractivity contribution in [2.24, 2.45) is 5.16 Å². The van der Waals surface area contributed by atoms with Crippen LogP contribution in [0.4, 0.5) is 5.69 Å². The van der Waals surface area contributed by atoms with Gasteiger partial charge in [-0.1, -0.05) is 47.1 Å². The summed E-state index contributed by atoms with van der Waals surface area (Å²) in [6.07, 6.45) is 1.58. The van der Waals surface area contributed by atoms with Crippen molar-refractivity contribution in [3.05, 3.63) is 89.5 Å². The molecule has 0 fully saturated rings. The number of amides is 1. The molecule has 5 nitrogen and oxygen atoms in total. The summed E-state index contributed by atoms with van der Waals surface area (Å²) in [5.41, 5.74) is 3.14. The third-order valence-electron chi connectivity index (χ3n) is 3.86. The van der Waals surface area contributed by atoms with E-state index >= 15 is 0 Å². The van der Waals surface area contributed by atoms with Gasteiger partial charge in [-0.25, -0.2) is 0 Å². The van der Waals surface area contributed by atoms with Crippen molar-refractivity contribution in [1.82, 2.24) is 0 Å². The van der Waals surface area contributed by atoms with E-state index in [2.05, 4.69) is 15.3 Å². The Bertz CT molecular complexity index is 933. The summed E-state index contributed by atoms with van der Waals surface area (Å²) in [6.45, 7) is 2.02. The lowest BCUT2D eigenvalue weighted by Crippen LogP contribution is -2.12. The number of benzene rings is 3. The Hall–Kier alpha value is -3.60. The zero-order chi connectivity index (χ0) is 19.1. The van der Waals surface area contributed by atoms with Crippen LogP contribution in [-0.2, 0) is 4.84 Å². The molecule has 1 amide bonds. The number of carbonyl (C=O) groups excluding carboxylic acids is 1. The van der Waals surface area contributed by atoms with Crippen LogP contribution in [-0.4, -0.2) is 19.2 Å². The van der Waals surface area contributed by atoms with Gasteiger partial charge in [-0.3, -0.25) is 4.79 Å². The number of oxime groups is 1. The highest BCUT2D eigenvalue weighted by Gasteiger charge is 2.10. The molecule has 136 valence electrons. The topological polar surface area (TPSA) is 59.9 Å². The van der Waals surface area contributed by atoms with Gasteiger partial charge in [-0.2, -0.15) is 0 Å². The van der Waals surface area contributed by atoms with E-state index in [-0.39, 0.29) is 5.91 Å². The van der Waals surface area contributed by atoms with Crippen LogP contribution in [0.2, 0.25) is 0 Å². The SMILES string of the molecule is CO/N=C/c1ccc(C(=O)Nc2ccccc2Oc2ccc(C)cc2)cc1. The molecule has 0 unspecified atom stereocenters. The van der Waals surface area contributed by atoms with Crippen LogP contribution in [0.15, 0.2) is 78.0 Å². The Morgan fingerprint density at radius 1 is 0.963 bits per heavy atom. The molecule has 0 aromatic heterocycles. The molecule has 0 bridgehead atoms. The number of rotatable bonds is 6. The standard InChI is InChI=1S/C22H20N2O3/c1-16-7-13-19(14-8-16)27-21-6-4-3-5-20(21)24-22(25)18-11-9-17(10-12-18)15-23-26-2/h3-15H,1-2H3,(H,24,25)/b23-15+. The molecule has 0 saturated heterocycles. The average Bonchev–Trinajstić information content (AvgIpc) is 2.70. The van der Waals surface area contributed by atoms with Gasteiger partial charge in [0.2, 0.25) is 0 Å². The minimum Gasteiger partial charge on any atom is -0.455 e. The molecule has 0 atom stereocenters. The first kappa shape index (κ1) is 18.2. The fourth-order valence-electron chi connectivity index (χ4n) is 2.42. The predicted molar refractivity (Wildman–Crippen MR) is 107 cm³/mol. The largest absolute Gasteiger partial charge is 0.455 e. The first-order chi connectivity index (χ1) is 13.2. The monoisotopic (exact) mass is 360 g/mol. The smallest absolute Gasteiger partial charge is 0.255 e. The van der Waals surface area contributed by atoms with E-state index in [9.17, 15) is 4.79 Å². The van der Waals surface area contributed by atoms with Crippen LogP contribution in [0.1, 0.15) is 21.5 Å². The van der Waals surface area contributed by atoms with E-state index in [0.717, 1.165) is 11.1 Å². The van der Waals surface area contributed by atoms with Crippen LogP contribution in [0, 0.1) is 6.92 Å². The van der Waals surface area contributed by atoms with Crippen LogP contribution in [0.5, 0.6) is 11.5 Å². The number of carbonyl (C=O) groups is 1. The van der Waals surface area contributed by atoms with Gasteiger partial charge in [-0.15, -0.1) is 0 Å². The number of ether oxygens (including phenoxy) is 1. The summed E-state index contributed by atoms with van der Waals surface area (Å²) in [4.78, 5) is 17.2. The molecule has 0 aliphatic heterocycles. The number of hydrogen-bond donors (Lipinski definition) is 1.